The monoisotopic (exact) mass is 963 g/mol. The van der Waals surface area contributed by atoms with E-state index in [1.54, 1.807) is 13.8 Å². The van der Waals surface area contributed by atoms with E-state index in [9.17, 15) is 30.0 Å². The Kier molecular flexibility index (Phi) is 18.4. The Bertz CT molecular complexity index is 2190. The van der Waals surface area contributed by atoms with Crippen molar-refractivity contribution >= 4 is 11.8 Å². The number of amides is 2. The fraction of sp³-hybridized carbons (Fsp3) is 0.567. The molecule has 10 nitrogen and oxygen atoms in total. The second kappa shape index (κ2) is 23.0. The largest absolute Gasteiger partial charge is 0.507 e. The molecule has 2 amide bonds. The molecule has 2 unspecified atom stereocenters. The van der Waals surface area contributed by atoms with Crippen LogP contribution in [-0.2, 0) is 56.9 Å². The summed E-state index contributed by atoms with van der Waals surface area (Å²) in [5, 5.41) is 50.0. The van der Waals surface area contributed by atoms with Gasteiger partial charge in [-0.2, -0.15) is 0 Å². The SMILES string of the molecule is CC(Oc1c2cc(C(C)(C)C)cc1Cc1cc(C(C)(C)C)cc(c1O)Cc1cc(C(C)(C)C)cc(c1OC(C)C(=O)NCCCCCO)Cc1cc(C(C)(C)C)cc(c1O)C2)C(=O)NCCCCCO. The first-order valence-corrected chi connectivity index (χ1v) is 25.8. The lowest BCUT2D eigenvalue weighted by Crippen LogP contribution is -2.37. The molecule has 0 heterocycles. The summed E-state index contributed by atoms with van der Waals surface area (Å²) < 4.78 is 13.7. The zero-order chi connectivity index (χ0) is 51.9. The van der Waals surface area contributed by atoms with Gasteiger partial charge in [0.15, 0.2) is 12.2 Å². The van der Waals surface area contributed by atoms with Gasteiger partial charge in [-0.1, -0.05) is 132 Å². The van der Waals surface area contributed by atoms with Crippen molar-refractivity contribution in [3.05, 3.63) is 115 Å². The Morgan fingerprint density at radius 1 is 0.443 bits per heavy atom. The molecule has 8 bridgehead atoms. The molecule has 4 aromatic rings. The Balaban J connectivity index is 1.84. The van der Waals surface area contributed by atoms with Crippen molar-refractivity contribution in [3.8, 4) is 23.0 Å². The maximum Gasteiger partial charge on any atom is 0.260 e. The molecule has 0 spiro atoms. The molecule has 0 saturated carbocycles. The Morgan fingerprint density at radius 3 is 0.914 bits per heavy atom. The third kappa shape index (κ3) is 14.5. The molecule has 2 atom stereocenters. The van der Waals surface area contributed by atoms with E-state index in [-0.39, 0.29) is 83.9 Å². The lowest BCUT2D eigenvalue weighted by molar-refractivity contribution is -0.127. The lowest BCUT2D eigenvalue weighted by Gasteiger charge is -2.29. The van der Waals surface area contributed by atoms with Crippen LogP contribution in [0.5, 0.6) is 23.0 Å². The topological polar surface area (TPSA) is 158 Å². The summed E-state index contributed by atoms with van der Waals surface area (Å²) in [7, 11) is 0. The molecule has 0 aromatic heterocycles. The first-order chi connectivity index (χ1) is 32.6. The van der Waals surface area contributed by atoms with Gasteiger partial charge in [0.05, 0.1) is 0 Å². The van der Waals surface area contributed by atoms with Crippen LogP contribution in [0.3, 0.4) is 0 Å². The van der Waals surface area contributed by atoms with E-state index < -0.39 is 12.2 Å². The number of aliphatic hydroxyl groups is 2. The highest BCUT2D eigenvalue weighted by Gasteiger charge is 2.30. The maximum atomic E-state index is 13.7. The van der Waals surface area contributed by atoms with E-state index in [0.29, 0.717) is 59.7 Å². The quantitative estimate of drug-likeness (QED) is 0.0534. The van der Waals surface area contributed by atoms with Crippen LogP contribution in [-0.4, -0.2) is 70.8 Å². The van der Waals surface area contributed by atoms with Gasteiger partial charge in [0.2, 0.25) is 0 Å². The van der Waals surface area contributed by atoms with Crippen molar-refractivity contribution in [2.75, 3.05) is 26.3 Å². The minimum Gasteiger partial charge on any atom is -0.507 e. The van der Waals surface area contributed by atoms with Gasteiger partial charge < -0.3 is 40.5 Å². The summed E-state index contributed by atoms with van der Waals surface area (Å²) in [6, 6.07) is 16.9. The van der Waals surface area contributed by atoms with Crippen LogP contribution in [0.25, 0.3) is 0 Å². The number of nitrogens with one attached hydrogen (secondary N) is 2. The van der Waals surface area contributed by atoms with Crippen molar-refractivity contribution in [1.29, 1.82) is 0 Å². The average molecular weight is 963 g/mol. The number of carbonyl (C=O) groups is 2. The summed E-state index contributed by atoms with van der Waals surface area (Å²) in [5.74, 6) is 0.903. The molecule has 0 radical (unpaired) electrons. The molecule has 0 saturated heterocycles. The first kappa shape index (κ1) is 55.9. The number of phenolic OH excluding ortho intramolecular Hbond substituents is 2. The number of hydrogen-bond acceptors (Lipinski definition) is 8. The normalized spacial score (nSPS) is 14.2. The van der Waals surface area contributed by atoms with Gasteiger partial charge >= 0.3 is 0 Å². The summed E-state index contributed by atoms with van der Waals surface area (Å²) in [4.78, 5) is 27.5. The minimum atomic E-state index is -0.868. The number of benzene rings is 4. The molecule has 5 rings (SSSR count). The Labute approximate surface area is 420 Å². The molecule has 4 aromatic carbocycles. The summed E-state index contributed by atoms with van der Waals surface area (Å²) >= 11 is 0. The van der Waals surface area contributed by atoms with Gasteiger partial charge in [-0.3, -0.25) is 9.59 Å². The van der Waals surface area contributed by atoms with Gasteiger partial charge in [-0.15, -0.1) is 0 Å². The van der Waals surface area contributed by atoms with Crippen molar-refractivity contribution in [2.24, 2.45) is 0 Å². The van der Waals surface area contributed by atoms with Crippen LogP contribution >= 0.6 is 0 Å². The maximum absolute atomic E-state index is 13.7. The van der Waals surface area contributed by atoms with Crippen LogP contribution < -0.4 is 20.1 Å². The summed E-state index contributed by atoms with van der Waals surface area (Å²) in [6.45, 7) is 30.7. The highest BCUT2D eigenvalue weighted by atomic mass is 16.5. The number of phenols is 2. The molecular weight excluding hydrogens is 877 g/mol. The summed E-state index contributed by atoms with van der Waals surface area (Å²) in [5.41, 5.74) is 9.10. The van der Waals surface area contributed by atoms with Gasteiger partial charge in [0.25, 0.3) is 11.8 Å². The molecule has 0 aliphatic heterocycles. The number of unbranched alkanes of at least 4 members (excludes halogenated alkanes) is 4. The van der Waals surface area contributed by atoms with Crippen LogP contribution in [0.1, 0.15) is 202 Å². The number of rotatable bonds is 16. The van der Waals surface area contributed by atoms with Gasteiger partial charge in [-0.05, 0) is 141 Å². The van der Waals surface area contributed by atoms with Crippen molar-refractivity contribution < 1.29 is 39.5 Å². The van der Waals surface area contributed by atoms with E-state index in [4.69, 9.17) is 9.47 Å². The van der Waals surface area contributed by atoms with Crippen LogP contribution in [0, 0.1) is 0 Å². The predicted octanol–water partition coefficient (Wildman–Crippen LogP) is 11.1. The van der Waals surface area contributed by atoms with Crippen molar-refractivity contribution in [1.82, 2.24) is 10.6 Å². The van der Waals surface area contributed by atoms with E-state index in [1.165, 1.54) is 0 Å². The molecule has 1 aliphatic rings. The van der Waals surface area contributed by atoms with Gasteiger partial charge in [-0.25, -0.2) is 0 Å². The number of aromatic hydroxyl groups is 2. The van der Waals surface area contributed by atoms with E-state index >= 15 is 0 Å². The fourth-order valence-corrected chi connectivity index (χ4v) is 8.95. The molecule has 0 fully saturated rings. The Morgan fingerprint density at radius 2 is 0.686 bits per heavy atom. The zero-order valence-electron chi connectivity index (χ0n) is 45.1. The number of carbonyl (C=O) groups excluding carboxylic acids is 2. The standard InChI is InChI=1S/C60H86N2O8/c1-37(55(67)61-21-17-15-19-23-63)69-53-43-25-39-29-47(57(3,4)5)31-41(51(39)65)27-45-35-50(60(12,13)14)36-46(54(45)70-38(2)56(68)62-22-18-16-20-24-64)28-42-32-48(58(6,7)8)30-40(52(42)66)26-44(53)34-49(33-43)59(9,10)11/h29-38,63-66H,15-28H2,1-14H3,(H,61,67)(H,62,68). The first-order valence-electron chi connectivity index (χ1n) is 25.8. The van der Waals surface area contributed by atoms with Crippen LogP contribution in [0.2, 0.25) is 0 Å². The zero-order valence-corrected chi connectivity index (χ0v) is 45.1. The number of hydrogen-bond donors (Lipinski definition) is 6. The van der Waals surface area contributed by atoms with E-state index in [0.717, 1.165) is 70.2 Å². The third-order valence-electron chi connectivity index (χ3n) is 13.6. The lowest BCUT2D eigenvalue weighted by atomic mass is 9.79. The van der Waals surface area contributed by atoms with Crippen LogP contribution in [0.15, 0.2) is 48.5 Å². The third-order valence-corrected chi connectivity index (χ3v) is 13.6. The fourth-order valence-electron chi connectivity index (χ4n) is 8.95. The summed E-state index contributed by atoms with van der Waals surface area (Å²) in [6.07, 6.45) is 3.84. The number of ether oxygens (including phenoxy) is 2. The second-order valence-corrected chi connectivity index (χ2v) is 23.9. The van der Waals surface area contributed by atoms with E-state index in [2.05, 4.69) is 142 Å². The van der Waals surface area contributed by atoms with E-state index in [1.807, 2.05) is 0 Å². The number of fused-ring (bicyclic) bond motifs is 8. The number of aliphatic hydroxyl groups excluding tert-OH is 2. The van der Waals surface area contributed by atoms with Gasteiger partial charge in [0, 0.05) is 52.0 Å². The molecule has 70 heavy (non-hydrogen) atoms. The highest BCUT2D eigenvalue weighted by molar-refractivity contribution is 5.81. The second-order valence-electron chi connectivity index (χ2n) is 23.9. The predicted molar refractivity (Wildman–Crippen MR) is 283 cm³/mol. The molecular formula is C60H86N2O8. The molecule has 1 aliphatic carbocycles. The average Bonchev–Trinajstić information content (AvgIpc) is 3.25. The van der Waals surface area contributed by atoms with Crippen molar-refractivity contribution in [3.63, 3.8) is 0 Å². The van der Waals surface area contributed by atoms with Crippen molar-refractivity contribution in [2.45, 2.75) is 195 Å². The highest BCUT2D eigenvalue weighted by Crippen LogP contribution is 2.44. The van der Waals surface area contributed by atoms with Gasteiger partial charge in [0.1, 0.15) is 23.0 Å². The molecule has 384 valence electrons. The Hall–Kier alpha value is -5.06. The smallest absolute Gasteiger partial charge is 0.260 e. The molecule has 10 heteroatoms. The molecule has 6 N–H and O–H groups in total. The van der Waals surface area contributed by atoms with Crippen LogP contribution in [0.4, 0.5) is 0 Å². The minimum absolute atomic E-state index is 0.114.